The summed E-state index contributed by atoms with van der Waals surface area (Å²) in [4.78, 5) is 0.192. The topological polar surface area (TPSA) is 71.3 Å². The van der Waals surface area contributed by atoms with Gasteiger partial charge >= 0.3 is 0 Å². The fraction of sp³-hybridized carbons (Fsp3) is 0.286. The minimum absolute atomic E-state index is 0.157. The van der Waals surface area contributed by atoms with Crippen molar-refractivity contribution in [1.29, 1.82) is 0 Å². The van der Waals surface area contributed by atoms with Gasteiger partial charge in [0, 0.05) is 27.2 Å². The van der Waals surface area contributed by atoms with Crippen molar-refractivity contribution < 1.29 is 13.5 Å². The number of aliphatic hydroxyl groups is 1. The molecule has 1 aromatic heterocycles. The molecule has 0 aliphatic heterocycles. The van der Waals surface area contributed by atoms with Crippen LogP contribution in [0.25, 0.3) is 0 Å². The molecule has 2 aromatic rings. The standard InChI is InChI=1S/C14H15IN2O3S/c15-10-1-3-11(4-2-10)16-21(19,20)14-7-13(9-18)17(8-14)12-5-6-12/h1-4,7-8,12,16,18H,5-6,9H2. The fourth-order valence-corrected chi connectivity index (χ4v) is 3.66. The molecule has 1 aliphatic rings. The maximum absolute atomic E-state index is 12.4. The van der Waals surface area contributed by atoms with Gasteiger partial charge in [0.2, 0.25) is 0 Å². The minimum atomic E-state index is -3.63. The number of hydrogen-bond acceptors (Lipinski definition) is 3. The summed E-state index contributed by atoms with van der Waals surface area (Å²) in [5, 5.41) is 9.36. The number of rotatable bonds is 5. The number of hydrogen-bond donors (Lipinski definition) is 2. The molecule has 21 heavy (non-hydrogen) atoms. The van der Waals surface area contributed by atoms with E-state index in [1.54, 1.807) is 18.3 Å². The van der Waals surface area contributed by atoms with Crippen molar-refractivity contribution in [2.45, 2.75) is 30.4 Å². The maximum Gasteiger partial charge on any atom is 0.263 e. The van der Waals surface area contributed by atoms with Crippen molar-refractivity contribution in [2.24, 2.45) is 0 Å². The van der Waals surface area contributed by atoms with Gasteiger partial charge in [-0.2, -0.15) is 0 Å². The van der Waals surface area contributed by atoms with Gasteiger partial charge in [-0.25, -0.2) is 8.42 Å². The Bertz CT molecular complexity index is 749. The second-order valence-electron chi connectivity index (χ2n) is 5.08. The minimum Gasteiger partial charge on any atom is -0.390 e. The molecule has 0 radical (unpaired) electrons. The Morgan fingerprint density at radius 3 is 2.52 bits per heavy atom. The second kappa shape index (κ2) is 5.62. The Morgan fingerprint density at radius 1 is 1.29 bits per heavy atom. The highest BCUT2D eigenvalue weighted by molar-refractivity contribution is 14.1. The van der Waals surface area contributed by atoms with Crippen LogP contribution in [-0.4, -0.2) is 18.1 Å². The third kappa shape index (κ3) is 3.24. The summed E-state index contributed by atoms with van der Waals surface area (Å²) in [6, 6.07) is 9.00. The first-order chi connectivity index (χ1) is 9.99. The molecule has 0 spiro atoms. The van der Waals surface area contributed by atoms with Crippen LogP contribution in [0, 0.1) is 3.57 Å². The Labute approximate surface area is 137 Å². The quantitative estimate of drug-likeness (QED) is 0.734. The first kappa shape index (κ1) is 14.9. The van der Waals surface area contributed by atoms with E-state index in [2.05, 4.69) is 27.3 Å². The van der Waals surface area contributed by atoms with E-state index in [1.807, 2.05) is 16.7 Å². The van der Waals surface area contributed by atoms with E-state index in [-0.39, 0.29) is 11.5 Å². The first-order valence-electron chi connectivity index (χ1n) is 6.59. The zero-order chi connectivity index (χ0) is 15.0. The number of anilines is 1. The van der Waals surface area contributed by atoms with Gasteiger partial charge in [0.1, 0.15) is 4.90 Å². The van der Waals surface area contributed by atoms with E-state index >= 15 is 0 Å². The van der Waals surface area contributed by atoms with Gasteiger partial charge in [-0.1, -0.05) is 0 Å². The Kier molecular flexibility index (Phi) is 3.98. The van der Waals surface area contributed by atoms with Crippen molar-refractivity contribution in [3.8, 4) is 0 Å². The molecule has 3 rings (SSSR count). The van der Waals surface area contributed by atoms with E-state index in [9.17, 15) is 13.5 Å². The molecule has 112 valence electrons. The van der Waals surface area contributed by atoms with Crippen LogP contribution in [0.2, 0.25) is 0 Å². The number of aliphatic hydroxyl groups excluding tert-OH is 1. The van der Waals surface area contributed by atoms with Crippen molar-refractivity contribution >= 4 is 38.3 Å². The third-order valence-electron chi connectivity index (χ3n) is 3.42. The van der Waals surface area contributed by atoms with E-state index < -0.39 is 10.0 Å². The summed E-state index contributed by atoms with van der Waals surface area (Å²) in [6.45, 7) is -0.157. The van der Waals surface area contributed by atoms with E-state index in [4.69, 9.17) is 0 Å². The number of nitrogens with zero attached hydrogens (tertiary/aromatic N) is 1. The monoisotopic (exact) mass is 418 g/mol. The van der Waals surface area contributed by atoms with Crippen LogP contribution >= 0.6 is 22.6 Å². The summed E-state index contributed by atoms with van der Waals surface area (Å²) in [6.07, 6.45) is 3.68. The smallest absolute Gasteiger partial charge is 0.263 e. The molecule has 0 saturated heterocycles. The van der Waals surface area contributed by atoms with Crippen LogP contribution in [0.15, 0.2) is 41.4 Å². The van der Waals surface area contributed by atoms with Gasteiger partial charge < -0.3 is 9.67 Å². The number of benzene rings is 1. The van der Waals surface area contributed by atoms with E-state index in [1.165, 1.54) is 6.07 Å². The molecule has 0 amide bonds. The molecule has 0 bridgehead atoms. The zero-order valence-corrected chi connectivity index (χ0v) is 14.1. The summed E-state index contributed by atoms with van der Waals surface area (Å²) < 4.78 is 30.3. The SMILES string of the molecule is O=S(=O)(Nc1ccc(I)cc1)c1cc(CO)n(C2CC2)c1. The van der Waals surface area contributed by atoms with Crippen LogP contribution in [0.5, 0.6) is 0 Å². The highest BCUT2D eigenvalue weighted by Crippen LogP contribution is 2.37. The van der Waals surface area contributed by atoms with Crippen molar-refractivity contribution in [3.05, 3.63) is 45.8 Å². The van der Waals surface area contributed by atoms with Gasteiger partial charge in [0.05, 0.1) is 6.61 Å². The largest absolute Gasteiger partial charge is 0.390 e. The van der Waals surface area contributed by atoms with Crippen molar-refractivity contribution in [1.82, 2.24) is 4.57 Å². The Hall–Kier alpha value is -1.06. The molecule has 1 aliphatic carbocycles. The summed E-state index contributed by atoms with van der Waals surface area (Å²) in [7, 11) is -3.63. The maximum atomic E-state index is 12.4. The number of halogens is 1. The molecular formula is C14H15IN2O3S. The van der Waals surface area contributed by atoms with Crippen LogP contribution in [0.3, 0.4) is 0 Å². The molecular weight excluding hydrogens is 403 g/mol. The second-order valence-corrected chi connectivity index (χ2v) is 8.00. The highest BCUT2D eigenvalue weighted by Gasteiger charge is 2.28. The zero-order valence-electron chi connectivity index (χ0n) is 11.2. The van der Waals surface area contributed by atoms with Crippen LogP contribution in [0.1, 0.15) is 24.6 Å². The predicted octanol–water partition coefficient (Wildman–Crippen LogP) is 2.72. The molecule has 5 nitrogen and oxygen atoms in total. The number of sulfonamides is 1. The molecule has 1 fully saturated rings. The van der Waals surface area contributed by atoms with Gasteiger partial charge in [0.25, 0.3) is 10.0 Å². The number of aromatic nitrogens is 1. The normalized spacial score (nSPS) is 15.1. The third-order valence-corrected chi connectivity index (χ3v) is 5.48. The number of nitrogens with one attached hydrogen (secondary N) is 1. The molecule has 1 saturated carbocycles. The van der Waals surface area contributed by atoms with Gasteiger partial charge in [0.15, 0.2) is 0 Å². The molecule has 1 heterocycles. The van der Waals surface area contributed by atoms with E-state index in [0.717, 1.165) is 16.4 Å². The Morgan fingerprint density at radius 2 is 1.95 bits per heavy atom. The summed E-state index contributed by atoms with van der Waals surface area (Å²) in [5.74, 6) is 0. The highest BCUT2D eigenvalue weighted by atomic mass is 127. The lowest BCUT2D eigenvalue weighted by molar-refractivity contribution is 0.270. The molecule has 1 aromatic carbocycles. The van der Waals surface area contributed by atoms with Gasteiger partial charge in [-0.3, -0.25) is 4.72 Å². The summed E-state index contributed by atoms with van der Waals surface area (Å²) >= 11 is 2.16. The van der Waals surface area contributed by atoms with Crippen LogP contribution < -0.4 is 4.72 Å². The van der Waals surface area contributed by atoms with Crippen molar-refractivity contribution in [2.75, 3.05) is 4.72 Å². The summed E-state index contributed by atoms with van der Waals surface area (Å²) in [5.41, 5.74) is 1.17. The average Bonchev–Trinajstić information content (AvgIpc) is 3.19. The van der Waals surface area contributed by atoms with Crippen LogP contribution in [-0.2, 0) is 16.6 Å². The first-order valence-corrected chi connectivity index (χ1v) is 9.16. The van der Waals surface area contributed by atoms with Gasteiger partial charge in [-0.15, -0.1) is 0 Å². The lowest BCUT2D eigenvalue weighted by Gasteiger charge is -2.06. The molecule has 0 atom stereocenters. The molecule has 7 heteroatoms. The predicted molar refractivity (Wildman–Crippen MR) is 88.6 cm³/mol. The fourth-order valence-electron chi connectivity index (χ4n) is 2.19. The Balaban J connectivity index is 1.89. The lowest BCUT2D eigenvalue weighted by Crippen LogP contribution is -2.12. The van der Waals surface area contributed by atoms with Crippen LogP contribution in [0.4, 0.5) is 5.69 Å². The lowest BCUT2D eigenvalue weighted by atomic mass is 10.3. The average molecular weight is 418 g/mol. The van der Waals surface area contributed by atoms with Gasteiger partial charge in [-0.05, 0) is 65.8 Å². The van der Waals surface area contributed by atoms with Crippen molar-refractivity contribution in [3.63, 3.8) is 0 Å². The molecule has 2 N–H and O–H groups in total. The van der Waals surface area contributed by atoms with E-state index in [0.29, 0.717) is 17.4 Å². The molecule has 0 unspecified atom stereocenters.